The molecule has 16 heavy (non-hydrogen) atoms. The Morgan fingerprint density at radius 3 is 2.44 bits per heavy atom. The first-order chi connectivity index (χ1) is 7.45. The first kappa shape index (κ1) is 13.0. The maximum Gasteiger partial charge on any atom is 0.0105 e. The van der Waals surface area contributed by atoms with Gasteiger partial charge in [-0.15, -0.1) is 0 Å². The molecule has 0 spiro atoms. The summed E-state index contributed by atoms with van der Waals surface area (Å²) in [6.45, 7) is 13.4. The van der Waals surface area contributed by atoms with Crippen LogP contribution >= 0.6 is 0 Å². The van der Waals surface area contributed by atoms with Gasteiger partial charge >= 0.3 is 0 Å². The van der Waals surface area contributed by atoms with E-state index in [9.17, 15) is 0 Å². The van der Waals surface area contributed by atoms with Crippen molar-refractivity contribution in [1.29, 1.82) is 0 Å². The van der Waals surface area contributed by atoms with Gasteiger partial charge in [0.25, 0.3) is 0 Å². The van der Waals surface area contributed by atoms with Gasteiger partial charge in [0.1, 0.15) is 0 Å². The monoisotopic (exact) mass is 216 g/mol. The van der Waals surface area contributed by atoms with Crippen molar-refractivity contribution in [3.8, 4) is 0 Å². The van der Waals surface area contributed by atoms with E-state index in [1.165, 1.54) is 22.3 Å². The molecule has 0 aliphatic rings. The van der Waals surface area contributed by atoms with Gasteiger partial charge in [-0.05, 0) is 43.9 Å². The van der Waals surface area contributed by atoms with Crippen LogP contribution in [0.2, 0.25) is 0 Å². The minimum Gasteiger partial charge on any atom is -0.0879 e. The lowest BCUT2D eigenvalue weighted by Crippen LogP contribution is -2.21. The fraction of sp³-hybridized carbons (Fsp3) is 0.500. The predicted molar refractivity (Wildman–Crippen MR) is 73.0 cm³/mol. The molecule has 1 rings (SSSR count). The van der Waals surface area contributed by atoms with E-state index < -0.39 is 0 Å². The number of hydrogen-bond acceptors (Lipinski definition) is 0. The topological polar surface area (TPSA) is 0 Å². The van der Waals surface area contributed by atoms with Crippen molar-refractivity contribution < 1.29 is 0 Å². The summed E-state index contributed by atoms with van der Waals surface area (Å²) < 4.78 is 0. The summed E-state index contributed by atoms with van der Waals surface area (Å²) in [6, 6.07) is 6.66. The van der Waals surface area contributed by atoms with Gasteiger partial charge < -0.3 is 0 Å². The van der Waals surface area contributed by atoms with Gasteiger partial charge in [0.15, 0.2) is 0 Å². The lowest BCUT2D eigenvalue weighted by atomic mass is 9.75. The van der Waals surface area contributed by atoms with Crippen LogP contribution in [0.3, 0.4) is 0 Å². The number of aryl methyl sites for hydroxylation is 1. The highest BCUT2D eigenvalue weighted by Crippen LogP contribution is 2.34. The van der Waals surface area contributed by atoms with Crippen LogP contribution in [-0.2, 0) is 11.8 Å². The molecule has 0 aliphatic carbocycles. The molecule has 0 amide bonds. The van der Waals surface area contributed by atoms with Crippen LogP contribution in [0, 0.1) is 6.92 Å². The Kier molecular flexibility index (Phi) is 3.96. The van der Waals surface area contributed by atoms with E-state index in [4.69, 9.17) is 0 Å². The Bertz CT molecular complexity index is 394. The Balaban J connectivity index is 3.38. The lowest BCUT2D eigenvalue weighted by Gasteiger charge is -2.30. The van der Waals surface area contributed by atoms with Crippen LogP contribution in [0.4, 0.5) is 0 Å². The molecule has 0 atom stereocenters. The van der Waals surface area contributed by atoms with Gasteiger partial charge in [0, 0.05) is 5.41 Å². The van der Waals surface area contributed by atoms with E-state index in [0.29, 0.717) is 0 Å². The third-order valence-electron chi connectivity index (χ3n) is 3.86. The average Bonchev–Trinajstić information content (AvgIpc) is 2.27. The summed E-state index contributed by atoms with van der Waals surface area (Å²) in [5.74, 6) is 0. The number of benzene rings is 1. The number of allylic oxidation sites excluding steroid dienone is 2. The summed E-state index contributed by atoms with van der Waals surface area (Å²) >= 11 is 0. The molecule has 0 aliphatic heterocycles. The molecular weight excluding hydrogens is 192 g/mol. The van der Waals surface area contributed by atoms with E-state index in [1.807, 2.05) is 0 Å². The zero-order valence-electron chi connectivity index (χ0n) is 11.5. The standard InChI is InChI=1S/C16H24/c1-7-13(4)16(5,6)15-11-9-10-12(3)14(15)8-2/h7,9-11H,8H2,1-6H3. The Morgan fingerprint density at radius 1 is 1.31 bits per heavy atom. The molecule has 0 fully saturated rings. The molecular formula is C16H24. The van der Waals surface area contributed by atoms with Crippen molar-refractivity contribution in [1.82, 2.24) is 0 Å². The summed E-state index contributed by atoms with van der Waals surface area (Å²) in [5, 5.41) is 0. The smallest absolute Gasteiger partial charge is 0.0105 e. The zero-order chi connectivity index (χ0) is 12.3. The zero-order valence-corrected chi connectivity index (χ0v) is 11.5. The molecule has 0 heterocycles. The summed E-state index contributed by atoms with van der Waals surface area (Å²) in [4.78, 5) is 0. The quantitative estimate of drug-likeness (QED) is 0.637. The molecule has 0 aromatic heterocycles. The third-order valence-corrected chi connectivity index (χ3v) is 3.86. The van der Waals surface area contributed by atoms with Gasteiger partial charge in [-0.1, -0.05) is 50.6 Å². The van der Waals surface area contributed by atoms with Crippen molar-refractivity contribution in [2.45, 2.75) is 53.4 Å². The van der Waals surface area contributed by atoms with Crippen LogP contribution in [-0.4, -0.2) is 0 Å². The second-order valence-electron chi connectivity index (χ2n) is 5.05. The van der Waals surface area contributed by atoms with E-state index in [0.717, 1.165) is 6.42 Å². The second-order valence-corrected chi connectivity index (χ2v) is 5.05. The maximum absolute atomic E-state index is 2.32. The minimum absolute atomic E-state index is 0.145. The van der Waals surface area contributed by atoms with Crippen LogP contribution in [0.1, 0.15) is 51.3 Å². The molecule has 0 radical (unpaired) electrons. The van der Waals surface area contributed by atoms with Gasteiger partial charge in [-0.2, -0.15) is 0 Å². The molecule has 1 aromatic rings. The van der Waals surface area contributed by atoms with Crippen molar-refractivity contribution in [2.24, 2.45) is 0 Å². The maximum atomic E-state index is 2.32. The van der Waals surface area contributed by atoms with Crippen molar-refractivity contribution in [2.75, 3.05) is 0 Å². The van der Waals surface area contributed by atoms with E-state index in [2.05, 4.69) is 65.8 Å². The summed E-state index contributed by atoms with van der Waals surface area (Å²) in [6.07, 6.45) is 3.34. The molecule has 0 saturated carbocycles. The molecule has 0 bridgehead atoms. The average molecular weight is 216 g/mol. The van der Waals surface area contributed by atoms with Crippen molar-refractivity contribution in [3.63, 3.8) is 0 Å². The molecule has 1 aromatic carbocycles. The Hall–Kier alpha value is -1.04. The third kappa shape index (κ3) is 2.21. The summed E-state index contributed by atoms with van der Waals surface area (Å²) in [5.41, 5.74) is 5.98. The van der Waals surface area contributed by atoms with Crippen LogP contribution < -0.4 is 0 Å². The molecule has 88 valence electrons. The highest BCUT2D eigenvalue weighted by atomic mass is 14.3. The van der Waals surface area contributed by atoms with E-state index in [1.54, 1.807) is 0 Å². The van der Waals surface area contributed by atoms with Crippen molar-refractivity contribution >= 4 is 0 Å². The molecule has 0 saturated heterocycles. The van der Waals surface area contributed by atoms with Gasteiger partial charge in [-0.3, -0.25) is 0 Å². The normalized spacial score (nSPS) is 13.0. The van der Waals surface area contributed by atoms with E-state index in [-0.39, 0.29) is 5.41 Å². The minimum atomic E-state index is 0.145. The van der Waals surface area contributed by atoms with Crippen LogP contribution in [0.5, 0.6) is 0 Å². The van der Waals surface area contributed by atoms with Gasteiger partial charge in [0.05, 0.1) is 0 Å². The van der Waals surface area contributed by atoms with E-state index >= 15 is 0 Å². The summed E-state index contributed by atoms with van der Waals surface area (Å²) in [7, 11) is 0. The largest absolute Gasteiger partial charge is 0.0879 e. The predicted octanol–water partition coefficient (Wildman–Crippen LogP) is 4.80. The second kappa shape index (κ2) is 4.86. The number of rotatable bonds is 3. The molecule has 0 unspecified atom stereocenters. The lowest BCUT2D eigenvalue weighted by molar-refractivity contribution is 0.613. The fourth-order valence-electron chi connectivity index (χ4n) is 2.33. The number of hydrogen-bond donors (Lipinski definition) is 0. The molecule has 0 N–H and O–H groups in total. The van der Waals surface area contributed by atoms with Gasteiger partial charge in [0.2, 0.25) is 0 Å². The van der Waals surface area contributed by atoms with Crippen molar-refractivity contribution in [3.05, 3.63) is 46.5 Å². The molecule has 0 nitrogen and oxygen atoms in total. The highest BCUT2D eigenvalue weighted by Gasteiger charge is 2.24. The Labute approximate surface area is 100 Å². The fourth-order valence-corrected chi connectivity index (χ4v) is 2.33. The van der Waals surface area contributed by atoms with Crippen LogP contribution in [0.25, 0.3) is 0 Å². The SMILES string of the molecule is CC=C(C)C(C)(C)c1cccc(C)c1CC. The Morgan fingerprint density at radius 2 is 1.94 bits per heavy atom. The highest BCUT2D eigenvalue weighted by molar-refractivity contribution is 5.43. The first-order valence-corrected chi connectivity index (χ1v) is 6.17. The van der Waals surface area contributed by atoms with Gasteiger partial charge in [-0.25, -0.2) is 0 Å². The van der Waals surface area contributed by atoms with Crippen LogP contribution in [0.15, 0.2) is 29.8 Å². The molecule has 0 heteroatoms. The first-order valence-electron chi connectivity index (χ1n) is 6.17.